The summed E-state index contributed by atoms with van der Waals surface area (Å²) in [5.74, 6) is 0. The van der Waals surface area contributed by atoms with Crippen molar-refractivity contribution >= 4 is 0 Å². The third-order valence-corrected chi connectivity index (χ3v) is 3.22. The molecule has 1 fully saturated rings. The van der Waals surface area contributed by atoms with Crippen LogP contribution in [0.3, 0.4) is 0 Å². The Kier molecular flexibility index (Phi) is 4.54. The molecule has 1 saturated heterocycles. The van der Waals surface area contributed by atoms with Gasteiger partial charge in [0.25, 0.3) is 0 Å². The number of nitrogens with one attached hydrogen (secondary N) is 1. The number of ether oxygens (including phenoxy) is 1. The SMILES string of the molecule is Cc1ccccc1CN(C)CC1CNCCO1. The third-order valence-electron chi connectivity index (χ3n) is 3.22. The molecule has 2 rings (SSSR count). The minimum atomic E-state index is 0.331. The normalized spacial score (nSPS) is 20.8. The molecule has 0 aromatic heterocycles. The highest BCUT2D eigenvalue weighted by molar-refractivity contribution is 5.25. The van der Waals surface area contributed by atoms with Crippen LogP contribution in [0.1, 0.15) is 11.1 Å². The number of aryl methyl sites for hydroxylation is 1. The first kappa shape index (κ1) is 12.6. The Labute approximate surface area is 104 Å². The van der Waals surface area contributed by atoms with E-state index in [1.165, 1.54) is 11.1 Å². The van der Waals surface area contributed by atoms with E-state index in [1.807, 2.05) is 0 Å². The summed E-state index contributed by atoms with van der Waals surface area (Å²) >= 11 is 0. The fourth-order valence-corrected chi connectivity index (χ4v) is 2.23. The largest absolute Gasteiger partial charge is 0.374 e. The second-order valence-corrected chi connectivity index (χ2v) is 4.82. The number of nitrogens with zero attached hydrogens (tertiary/aromatic N) is 1. The van der Waals surface area contributed by atoms with Gasteiger partial charge in [0.05, 0.1) is 12.7 Å². The standard InChI is InChI=1S/C14H22N2O/c1-12-5-3-4-6-13(12)10-16(2)11-14-9-15-7-8-17-14/h3-6,14-15H,7-11H2,1-2H3. The summed E-state index contributed by atoms with van der Waals surface area (Å²) < 4.78 is 5.71. The molecule has 0 spiro atoms. The first-order chi connectivity index (χ1) is 8.25. The van der Waals surface area contributed by atoms with Gasteiger partial charge in [-0.3, -0.25) is 4.90 Å². The second kappa shape index (κ2) is 6.15. The lowest BCUT2D eigenvalue weighted by molar-refractivity contribution is 0.00882. The summed E-state index contributed by atoms with van der Waals surface area (Å²) in [6.45, 7) is 6.94. The highest BCUT2D eigenvalue weighted by Crippen LogP contribution is 2.10. The molecule has 1 aromatic carbocycles. The Balaban J connectivity index is 1.84. The number of hydrogen-bond donors (Lipinski definition) is 1. The smallest absolute Gasteiger partial charge is 0.0826 e. The van der Waals surface area contributed by atoms with Crippen LogP contribution in [0.4, 0.5) is 0 Å². The molecular weight excluding hydrogens is 212 g/mol. The Morgan fingerprint density at radius 1 is 1.41 bits per heavy atom. The van der Waals surface area contributed by atoms with Crippen LogP contribution >= 0.6 is 0 Å². The molecular formula is C14H22N2O. The van der Waals surface area contributed by atoms with Crippen LogP contribution in [-0.2, 0) is 11.3 Å². The number of morpholine rings is 1. The second-order valence-electron chi connectivity index (χ2n) is 4.82. The summed E-state index contributed by atoms with van der Waals surface area (Å²) in [5, 5.41) is 3.36. The fraction of sp³-hybridized carbons (Fsp3) is 0.571. The van der Waals surface area contributed by atoms with Crippen LogP contribution in [0.5, 0.6) is 0 Å². The molecule has 3 nitrogen and oxygen atoms in total. The van der Waals surface area contributed by atoms with Crippen molar-refractivity contribution in [2.24, 2.45) is 0 Å². The van der Waals surface area contributed by atoms with Gasteiger partial charge in [-0.05, 0) is 25.1 Å². The number of benzene rings is 1. The molecule has 1 aliphatic rings. The van der Waals surface area contributed by atoms with Crippen LogP contribution in [0.2, 0.25) is 0 Å². The van der Waals surface area contributed by atoms with E-state index in [-0.39, 0.29) is 0 Å². The zero-order valence-corrected chi connectivity index (χ0v) is 10.8. The van der Waals surface area contributed by atoms with Gasteiger partial charge in [-0.15, -0.1) is 0 Å². The van der Waals surface area contributed by atoms with Gasteiger partial charge in [-0.25, -0.2) is 0 Å². The predicted molar refractivity (Wildman–Crippen MR) is 70.1 cm³/mol. The van der Waals surface area contributed by atoms with Gasteiger partial charge < -0.3 is 10.1 Å². The minimum Gasteiger partial charge on any atom is -0.374 e. The van der Waals surface area contributed by atoms with E-state index < -0.39 is 0 Å². The van der Waals surface area contributed by atoms with Crippen molar-refractivity contribution in [2.45, 2.75) is 19.6 Å². The van der Waals surface area contributed by atoms with E-state index in [2.05, 4.69) is 48.5 Å². The van der Waals surface area contributed by atoms with Crippen molar-refractivity contribution < 1.29 is 4.74 Å². The van der Waals surface area contributed by atoms with Crippen molar-refractivity contribution in [1.82, 2.24) is 10.2 Å². The van der Waals surface area contributed by atoms with E-state index in [9.17, 15) is 0 Å². The molecule has 1 atom stereocenters. The summed E-state index contributed by atoms with van der Waals surface area (Å²) in [6.07, 6.45) is 0.331. The molecule has 1 aromatic rings. The molecule has 0 bridgehead atoms. The Morgan fingerprint density at radius 3 is 2.94 bits per heavy atom. The van der Waals surface area contributed by atoms with E-state index in [0.717, 1.165) is 32.8 Å². The first-order valence-electron chi connectivity index (χ1n) is 6.31. The topological polar surface area (TPSA) is 24.5 Å². The minimum absolute atomic E-state index is 0.331. The third kappa shape index (κ3) is 3.80. The number of rotatable bonds is 4. The zero-order valence-electron chi connectivity index (χ0n) is 10.8. The lowest BCUT2D eigenvalue weighted by Gasteiger charge is -2.28. The van der Waals surface area contributed by atoms with Gasteiger partial charge in [0.15, 0.2) is 0 Å². The average Bonchev–Trinajstić information content (AvgIpc) is 2.33. The van der Waals surface area contributed by atoms with Crippen LogP contribution in [0.15, 0.2) is 24.3 Å². The van der Waals surface area contributed by atoms with Crippen molar-refractivity contribution in [2.75, 3.05) is 33.3 Å². The van der Waals surface area contributed by atoms with Crippen molar-refractivity contribution in [3.8, 4) is 0 Å². The molecule has 3 heteroatoms. The maximum Gasteiger partial charge on any atom is 0.0826 e. The fourth-order valence-electron chi connectivity index (χ4n) is 2.23. The Morgan fingerprint density at radius 2 is 2.24 bits per heavy atom. The van der Waals surface area contributed by atoms with Gasteiger partial charge in [0.2, 0.25) is 0 Å². The lowest BCUT2D eigenvalue weighted by Crippen LogP contribution is -2.44. The van der Waals surface area contributed by atoms with Crippen LogP contribution in [0.25, 0.3) is 0 Å². The van der Waals surface area contributed by atoms with Crippen molar-refractivity contribution in [3.63, 3.8) is 0 Å². The summed E-state index contributed by atoms with van der Waals surface area (Å²) in [4.78, 5) is 2.33. The summed E-state index contributed by atoms with van der Waals surface area (Å²) in [6, 6.07) is 8.56. The molecule has 1 unspecified atom stereocenters. The monoisotopic (exact) mass is 234 g/mol. The van der Waals surface area contributed by atoms with E-state index in [0.29, 0.717) is 6.10 Å². The molecule has 0 saturated carbocycles. The highest BCUT2D eigenvalue weighted by Gasteiger charge is 2.15. The van der Waals surface area contributed by atoms with Gasteiger partial charge in [0, 0.05) is 26.2 Å². The molecule has 1 heterocycles. The van der Waals surface area contributed by atoms with Crippen LogP contribution in [-0.4, -0.2) is 44.3 Å². The summed E-state index contributed by atoms with van der Waals surface area (Å²) in [7, 11) is 2.16. The number of likely N-dealkylation sites (N-methyl/N-ethyl adjacent to an activating group) is 1. The van der Waals surface area contributed by atoms with E-state index in [1.54, 1.807) is 0 Å². The lowest BCUT2D eigenvalue weighted by atomic mass is 10.1. The van der Waals surface area contributed by atoms with Gasteiger partial charge >= 0.3 is 0 Å². The molecule has 0 amide bonds. The van der Waals surface area contributed by atoms with Crippen LogP contribution < -0.4 is 5.32 Å². The maximum absolute atomic E-state index is 5.71. The van der Waals surface area contributed by atoms with Crippen molar-refractivity contribution in [3.05, 3.63) is 35.4 Å². The van der Waals surface area contributed by atoms with E-state index >= 15 is 0 Å². The highest BCUT2D eigenvalue weighted by atomic mass is 16.5. The van der Waals surface area contributed by atoms with Gasteiger partial charge in [-0.2, -0.15) is 0 Å². The van der Waals surface area contributed by atoms with Crippen LogP contribution in [0, 0.1) is 6.92 Å². The molecule has 0 aliphatic carbocycles. The predicted octanol–water partition coefficient (Wildman–Crippen LogP) is 1.42. The molecule has 0 radical (unpaired) electrons. The van der Waals surface area contributed by atoms with Crippen molar-refractivity contribution in [1.29, 1.82) is 0 Å². The van der Waals surface area contributed by atoms with E-state index in [4.69, 9.17) is 4.74 Å². The van der Waals surface area contributed by atoms with Gasteiger partial charge in [-0.1, -0.05) is 24.3 Å². The number of hydrogen-bond acceptors (Lipinski definition) is 3. The average molecular weight is 234 g/mol. The molecule has 17 heavy (non-hydrogen) atoms. The quantitative estimate of drug-likeness (QED) is 0.852. The first-order valence-corrected chi connectivity index (χ1v) is 6.31. The molecule has 94 valence electrons. The molecule has 1 aliphatic heterocycles. The Hall–Kier alpha value is -0.900. The summed E-state index contributed by atoms with van der Waals surface area (Å²) in [5.41, 5.74) is 2.76. The maximum atomic E-state index is 5.71. The zero-order chi connectivity index (χ0) is 12.1. The van der Waals surface area contributed by atoms with Gasteiger partial charge in [0.1, 0.15) is 0 Å². The Bertz CT molecular complexity index is 348. The molecule has 1 N–H and O–H groups in total.